The van der Waals surface area contributed by atoms with E-state index in [1.807, 2.05) is 0 Å². The lowest BCUT2D eigenvalue weighted by Gasteiger charge is -2.37. The third-order valence-electron chi connectivity index (χ3n) is 4.21. The predicted octanol–water partition coefficient (Wildman–Crippen LogP) is 1.99. The standard InChI is InChI=1S/C17H25ClN2O3/c1-12(20-7-8-23-11-13(20)2)10-19-17(22)9-16(21)14-3-5-15(18)6-4-14/h3-6,12-13,16,21H,7-11H2,1-2H3,(H,19,22)/t12-,13-,16+/m1/s1. The molecule has 0 saturated carbocycles. The molecule has 1 aromatic carbocycles. The molecule has 0 spiro atoms. The molecule has 1 aliphatic heterocycles. The van der Waals surface area contributed by atoms with Gasteiger partial charge in [-0.3, -0.25) is 9.69 Å². The first-order valence-corrected chi connectivity index (χ1v) is 8.39. The van der Waals surface area contributed by atoms with Gasteiger partial charge in [0.15, 0.2) is 0 Å². The average molecular weight is 341 g/mol. The number of aliphatic hydroxyl groups excluding tert-OH is 1. The van der Waals surface area contributed by atoms with Crippen LogP contribution in [0.5, 0.6) is 0 Å². The number of halogens is 1. The van der Waals surface area contributed by atoms with E-state index < -0.39 is 6.10 Å². The summed E-state index contributed by atoms with van der Waals surface area (Å²) in [5.74, 6) is -0.153. The Morgan fingerprint density at radius 3 is 2.83 bits per heavy atom. The number of rotatable bonds is 6. The van der Waals surface area contributed by atoms with Gasteiger partial charge in [0.2, 0.25) is 5.91 Å². The van der Waals surface area contributed by atoms with E-state index in [0.717, 1.165) is 19.8 Å². The van der Waals surface area contributed by atoms with Gasteiger partial charge in [-0.1, -0.05) is 23.7 Å². The number of amides is 1. The van der Waals surface area contributed by atoms with Crippen LogP contribution in [0.25, 0.3) is 0 Å². The third-order valence-corrected chi connectivity index (χ3v) is 4.47. The number of carbonyl (C=O) groups excluding carboxylic acids is 1. The highest BCUT2D eigenvalue weighted by molar-refractivity contribution is 6.30. The van der Waals surface area contributed by atoms with Crippen LogP contribution < -0.4 is 5.32 Å². The zero-order chi connectivity index (χ0) is 16.8. The molecule has 23 heavy (non-hydrogen) atoms. The Hall–Kier alpha value is -1.14. The van der Waals surface area contributed by atoms with Crippen molar-refractivity contribution in [2.75, 3.05) is 26.3 Å². The van der Waals surface area contributed by atoms with Crippen LogP contribution in [-0.2, 0) is 9.53 Å². The van der Waals surface area contributed by atoms with Gasteiger partial charge in [0.1, 0.15) is 0 Å². The molecule has 0 bridgehead atoms. The zero-order valence-corrected chi connectivity index (χ0v) is 14.4. The largest absolute Gasteiger partial charge is 0.388 e. The molecule has 1 saturated heterocycles. The van der Waals surface area contributed by atoms with Gasteiger partial charge in [-0.2, -0.15) is 0 Å². The molecular formula is C17H25ClN2O3. The van der Waals surface area contributed by atoms with Gasteiger partial charge in [0.25, 0.3) is 0 Å². The summed E-state index contributed by atoms with van der Waals surface area (Å²) in [5, 5.41) is 13.6. The van der Waals surface area contributed by atoms with Crippen LogP contribution in [-0.4, -0.2) is 54.3 Å². The molecule has 5 nitrogen and oxygen atoms in total. The van der Waals surface area contributed by atoms with Gasteiger partial charge < -0.3 is 15.2 Å². The van der Waals surface area contributed by atoms with E-state index in [-0.39, 0.29) is 18.4 Å². The van der Waals surface area contributed by atoms with Crippen LogP contribution in [0.2, 0.25) is 5.02 Å². The highest BCUT2D eigenvalue weighted by Gasteiger charge is 2.24. The Bertz CT molecular complexity index is 509. The van der Waals surface area contributed by atoms with Crippen molar-refractivity contribution < 1.29 is 14.6 Å². The summed E-state index contributed by atoms with van der Waals surface area (Å²) in [7, 11) is 0. The summed E-state index contributed by atoms with van der Waals surface area (Å²) in [5.41, 5.74) is 0.694. The number of aliphatic hydroxyl groups is 1. The molecular weight excluding hydrogens is 316 g/mol. The van der Waals surface area contributed by atoms with Crippen molar-refractivity contribution >= 4 is 17.5 Å². The molecule has 128 valence electrons. The van der Waals surface area contributed by atoms with Crippen LogP contribution >= 0.6 is 11.6 Å². The fourth-order valence-corrected chi connectivity index (χ4v) is 2.95. The number of nitrogens with one attached hydrogen (secondary N) is 1. The number of hydrogen-bond donors (Lipinski definition) is 2. The lowest BCUT2D eigenvalue weighted by atomic mass is 10.1. The number of nitrogens with zero attached hydrogens (tertiary/aromatic N) is 1. The van der Waals surface area contributed by atoms with E-state index >= 15 is 0 Å². The molecule has 3 atom stereocenters. The van der Waals surface area contributed by atoms with Crippen molar-refractivity contribution in [1.82, 2.24) is 10.2 Å². The minimum Gasteiger partial charge on any atom is -0.388 e. The predicted molar refractivity (Wildman–Crippen MR) is 90.5 cm³/mol. The van der Waals surface area contributed by atoms with E-state index in [9.17, 15) is 9.90 Å². The highest BCUT2D eigenvalue weighted by Crippen LogP contribution is 2.19. The van der Waals surface area contributed by atoms with Crippen molar-refractivity contribution in [2.24, 2.45) is 0 Å². The molecule has 1 heterocycles. The summed E-state index contributed by atoms with van der Waals surface area (Å²) in [6.45, 7) is 7.13. The second kappa shape index (κ2) is 8.64. The number of benzene rings is 1. The topological polar surface area (TPSA) is 61.8 Å². The molecule has 1 aromatic rings. The third kappa shape index (κ3) is 5.46. The normalized spacial score (nSPS) is 21.7. The van der Waals surface area contributed by atoms with E-state index in [4.69, 9.17) is 16.3 Å². The summed E-state index contributed by atoms with van der Waals surface area (Å²) < 4.78 is 5.43. The molecule has 1 fully saturated rings. The Morgan fingerprint density at radius 2 is 2.17 bits per heavy atom. The monoisotopic (exact) mass is 340 g/mol. The van der Waals surface area contributed by atoms with E-state index in [1.54, 1.807) is 24.3 Å². The van der Waals surface area contributed by atoms with Crippen molar-refractivity contribution in [3.05, 3.63) is 34.9 Å². The van der Waals surface area contributed by atoms with Crippen molar-refractivity contribution in [3.8, 4) is 0 Å². The second-order valence-electron chi connectivity index (χ2n) is 6.09. The van der Waals surface area contributed by atoms with Gasteiger partial charge >= 0.3 is 0 Å². The Morgan fingerprint density at radius 1 is 1.48 bits per heavy atom. The minimum atomic E-state index is -0.815. The Labute approximate surface area is 142 Å². The quantitative estimate of drug-likeness (QED) is 0.831. The number of morpholine rings is 1. The van der Waals surface area contributed by atoms with Crippen molar-refractivity contribution in [3.63, 3.8) is 0 Å². The molecule has 2 rings (SSSR count). The molecule has 1 amide bonds. The van der Waals surface area contributed by atoms with Crippen LogP contribution in [0.1, 0.15) is 31.9 Å². The molecule has 1 aliphatic rings. The molecule has 6 heteroatoms. The Balaban J connectivity index is 1.76. The smallest absolute Gasteiger partial charge is 0.223 e. The van der Waals surface area contributed by atoms with Gasteiger partial charge in [-0.05, 0) is 31.5 Å². The fourth-order valence-electron chi connectivity index (χ4n) is 2.82. The minimum absolute atomic E-state index is 0.0486. The first-order valence-electron chi connectivity index (χ1n) is 8.01. The van der Waals surface area contributed by atoms with E-state index in [1.165, 1.54) is 0 Å². The molecule has 2 N–H and O–H groups in total. The summed E-state index contributed by atoms with van der Waals surface area (Å²) >= 11 is 5.82. The van der Waals surface area contributed by atoms with Gasteiger partial charge in [0.05, 0.1) is 25.7 Å². The summed E-state index contributed by atoms with van der Waals surface area (Å²) in [4.78, 5) is 14.4. The Kier molecular flexibility index (Phi) is 6.84. The first kappa shape index (κ1) is 18.2. The second-order valence-corrected chi connectivity index (χ2v) is 6.52. The maximum atomic E-state index is 12.0. The lowest BCUT2D eigenvalue weighted by molar-refractivity contribution is -0.123. The summed E-state index contributed by atoms with van der Waals surface area (Å²) in [6, 6.07) is 7.48. The molecule has 0 aliphatic carbocycles. The van der Waals surface area contributed by atoms with Crippen molar-refractivity contribution in [2.45, 2.75) is 38.5 Å². The van der Waals surface area contributed by atoms with Gasteiger partial charge in [-0.15, -0.1) is 0 Å². The zero-order valence-electron chi connectivity index (χ0n) is 13.7. The fraction of sp³-hybridized carbons (Fsp3) is 0.588. The average Bonchev–Trinajstić information content (AvgIpc) is 2.53. The maximum Gasteiger partial charge on any atom is 0.223 e. The molecule has 0 aromatic heterocycles. The number of hydrogen-bond acceptors (Lipinski definition) is 4. The van der Waals surface area contributed by atoms with Crippen molar-refractivity contribution in [1.29, 1.82) is 0 Å². The SMILES string of the molecule is C[C@H](CNC(=O)C[C@H](O)c1ccc(Cl)cc1)N1CCOC[C@H]1C. The van der Waals surface area contributed by atoms with Crippen LogP contribution in [0.4, 0.5) is 0 Å². The number of ether oxygens (including phenoxy) is 1. The lowest BCUT2D eigenvalue weighted by Crippen LogP contribution is -2.51. The maximum absolute atomic E-state index is 12.0. The van der Waals surface area contributed by atoms with Crippen LogP contribution in [0.15, 0.2) is 24.3 Å². The van der Waals surface area contributed by atoms with E-state index in [0.29, 0.717) is 23.2 Å². The molecule has 0 radical (unpaired) electrons. The van der Waals surface area contributed by atoms with Gasteiger partial charge in [0, 0.05) is 30.2 Å². The van der Waals surface area contributed by atoms with Crippen LogP contribution in [0.3, 0.4) is 0 Å². The molecule has 0 unspecified atom stereocenters. The van der Waals surface area contributed by atoms with Gasteiger partial charge in [-0.25, -0.2) is 0 Å². The van der Waals surface area contributed by atoms with E-state index in [2.05, 4.69) is 24.1 Å². The summed E-state index contributed by atoms with van der Waals surface area (Å²) in [6.07, 6.45) is -0.766. The van der Waals surface area contributed by atoms with Crippen LogP contribution in [0, 0.1) is 0 Å². The first-order chi connectivity index (χ1) is 11.0. The number of carbonyl (C=O) groups is 1. The highest BCUT2D eigenvalue weighted by atomic mass is 35.5.